The first-order chi connectivity index (χ1) is 50.6. The van der Waals surface area contributed by atoms with Crippen LogP contribution in [0, 0.1) is 56.3 Å². The Kier molecular flexibility index (Phi) is 23.0. The molecule has 0 radical (unpaired) electrons. The van der Waals surface area contributed by atoms with Gasteiger partial charge in [0.25, 0.3) is 0 Å². The normalized spacial score (nSPS) is 21.9. The predicted octanol–water partition coefficient (Wildman–Crippen LogP) is 18.1. The van der Waals surface area contributed by atoms with Gasteiger partial charge in [-0.15, -0.1) is 34.0 Å². The summed E-state index contributed by atoms with van der Waals surface area (Å²) in [4.78, 5) is 78.5. The van der Waals surface area contributed by atoms with Crippen LogP contribution in [0.15, 0.2) is 110 Å². The number of pyridine rings is 6. The number of aliphatic hydroxyl groups is 3. The van der Waals surface area contributed by atoms with Gasteiger partial charge >= 0.3 is 17.9 Å². The van der Waals surface area contributed by atoms with Gasteiger partial charge in [-0.1, -0.05) is 20.8 Å². The number of thiazole rings is 3. The van der Waals surface area contributed by atoms with Crippen LogP contribution in [-0.4, -0.2) is 93.4 Å². The molecule has 6 aliphatic rings. The van der Waals surface area contributed by atoms with Gasteiger partial charge in [0, 0.05) is 37.2 Å². The number of hydrogen-bond acceptors (Lipinski definition) is 21. The maximum Gasteiger partial charge on any atom is 0.306 e. The molecule has 9 aromatic rings. The highest BCUT2D eigenvalue weighted by atomic mass is 32.1. The van der Waals surface area contributed by atoms with Gasteiger partial charge in [0.15, 0.2) is 0 Å². The van der Waals surface area contributed by atoms with Crippen LogP contribution in [0.4, 0.5) is 34.9 Å². The minimum Gasteiger partial charge on any atom is -0.481 e. The van der Waals surface area contributed by atoms with E-state index in [-0.39, 0.29) is 35.5 Å². The Morgan fingerprint density at radius 2 is 0.629 bits per heavy atom. The number of aromatic nitrogens is 9. The van der Waals surface area contributed by atoms with Crippen molar-refractivity contribution < 1.29 is 45.0 Å². The summed E-state index contributed by atoms with van der Waals surface area (Å²) in [6.07, 6.45) is 27.8. The van der Waals surface area contributed by atoms with Crippen LogP contribution in [0.1, 0.15) is 222 Å². The monoisotopic (exact) mass is 1480 g/mol. The number of nitrogens with zero attached hydrogens (tertiary/aromatic N) is 9. The fourth-order valence-corrected chi connectivity index (χ4v) is 18.9. The molecule has 105 heavy (non-hydrogen) atoms. The van der Waals surface area contributed by atoms with Gasteiger partial charge in [-0.2, -0.15) is 0 Å². The standard InChI is InChI=1S/3C27H32N4O3S/c3*1-3-27(34,20-8-6-18(7-9-20)25(32)33)26-29-15-22(35-26)21-12-16(2)13-24(30-21)31-23-14-19(10-11-28-23)17-4-5-17/h3*10-15,17-18,20,34H,3-9H2,1-2H3,(H,32,33)(H,28,30,31)/t2*18?,20?,27-;/m10./s1. The largest absolute Gasteiger partial charge is 0.481 e. The molecule has 6 aliphatic carbocycles. The number of rotatable bonds is 24. The lowest BCUT2D eigenvalue weighted by atomic mass is 9.72. The van der Waals surface area contributed by atoms with Crippen molar-refractivity contribution in [1.29, 1.82) is 0 Å². The van der Waals surface area contributed by atoms with Gasteiger partial charge in [-0.25, -0.2) is 44.9 Å². The molecule has 15 rings (SSSR count). The Morgan fingerprint density at radius 1 is 0.371 bits per heavy atom. The van der Waals surface area contributed by atoms with E-state index in [1.54, 1.807) is 18.6 Å². The zero-order valence-corrected chi connectivity index (χ0v) is 63.0. The zero-order valence-electron chi connectivity index (χ0n) is 60.6. The summed E-state index contributed by atoms with van der Waals surface area (Å²) in [5.41, 5.74) is 6.44. The third kappa shape index (κ3) is 17.8. The number of hydrogen-bond donors (Lipinski definition) is 9. The SMILES string of the molecule is CCC(O)(c1ncc(-c2cc(C)cc(Nc3cc(C4CC4)ccn3)n2)s1)C1CCC(C(=O)O)CC1.CC[C@@](O)(c1ncc(-c2cc(C)cc(Nc3cc(C4CC4)ccn3)n2)s1)C1CCC(C(=O)O)CC1.CC[C@](O)(c1ncc(-c2cc(C)cc(Nc3cc(C4CC4)ccn3)n2)s1)C1CCC(C(=O)O)CC1. The van der Waals surface area contributed by atoms with Gasteiger partial charge in [-0.05, 0) is 297 Å². The van der Waals surface area contributed by atoms with E-state index >= 15 is 0 Å². The molecule has 6 saturated carbocycles. The second-order valence-corrected chi connectivity index (χ2v) is 33.0. The molecular formula is C81H96N12O9S3. The molecule has 21 nitrogen and oxygen atoms in total. The van der Waals surface area contributed by atoms with Gasteiger partial charge in [0.05, 0.1) is 49.5 Å². The van der Waals surface area contributed by atoms with Crippen LogP contribution >= 0.6 is 34.0 Å². The summed E-state index contributed by atoms with van der Waals surface area (Å²) in [5, 5.41) is 75.0. The van der Waals surface area contributed by atoms with Gasteiger partial charge < -0.3 is 46.6 Å². The average Bonchev–Trinajstić information content (AvgIpc) is 1.78. The van der Waals surface area contributed by atoms with Crippen molar-refractivity contribution in [1.82, 2.24) is 44.9 Å². The third-order valence-electron chi connectivity index (χ3n) is 22.4. The fraction of sp³-hybridized carbons (Fsp3) is 0.481. The molecule has 9 N–H and O–H groups in total. The lowest BCUT2D eigenvalue weighted by Crippen LogP contribution is -2.37. The summed E-state index contributed by atoms with van der Waals surface area (Å²) >= 11 is 4.42. The van der Waals surface area contributed by atoms with E-state index in [1.807, 2.05) is 96.5 Å². The van der Waals surface area contributed by atoms with Gasteiger partial charge in [-0.3, -0.25) is 14.4 Å². The molecule has 0 aliphatic heterocycles. The van der Waals surface area contributed by atoms with Crippen molar-refractivity contribution in [3.05, 3.63) is 158 Å². The summed E-state index contributed by atoms with van der Waals surface area (Å²) in [6.45, 7) is 12.0. The lowest BCUT2D eigenvalue weighted by molar-refractivity contribution is -0.145. The van der Waals surface area contributed by atoms with Crippen molar-refractivity contribution >= 4 is 86.8 Å². The van der Waals surface area contributed by atoms with Crippen LogP contribution in [0.5, 0.6) is 0 Å². The number of aryl methyl sites for hydroxylation is 3. The van der Waals surface area contributed by atoms with Gasteiger partial charge in [0.2, 0.25) is 0 Å². The molecule has 0 amide bonds. The van der Waals surface area contributed by atoms with E-state index < -0.39 is 34.7 Å². The molecule has 0 spiro atoms. The molecule has 3 atom stereocenters. The smallest absolute Gasteiger partial charge is 0.306 e. The van der Waals surface area contributed by atoms with Crippen LogP contribution in [0.2, 0.25) is 0 Å². The van der Waals surface area contributed by atoms with Crippen LogP contribution in [-0.2, 0) is 31.2 Å². The highest BCUT2D eigenvalue weighted by molar-refractivity contribution is 7.15. The zero-order chi connectivity index (χ0) is 73.7. The molecule has 0 bridgehead atoms. The molecular weight excluding hydrogens is 1380 g/mol. The summed E-state index contributed by atoms with van der Waals surface area (Å²) < 4.78 is 0. The number of carboxylic acid groups (broad SMARTS) is 3. The Balaban J connectivity index is 0.000000140. The first-order valence-electron chi connectivity index (χ1n) is 37.5. The van der Waals surface area contributed by atoms with Crippen molar-refractivity contribution in [2.75, 3.05) is 16.0 Å². The summed E-state index contributed by atoms with van der Waals surface area (Å²) in [6, 6.07) is 24.6. The first kappa shape index (κ1) is 74.7. The Bertz CT molecular complexity index is 4100. The molecule has 9 aromatic heterocycles. The maximum atomic E-state index is 11.6. The molecule has 0 saturated heterocycles. The van der Waals surface area contributed by atoms with E-state index in [1.165, 1.54) is 89.2 Å². The Hall–Kier alpha value is -8.52. The van der Waals surface area contributed by atoms with Crippen molar-refractivity contribution in [3.63, 3.8) is 0 Å². The number of aliphatic carboxylic acids is 3. The number of nitrogens with one attached hydrogen (secondary N) is 3. The van der Waals surface area contributed by atoms with Crippen LogP contribution in [0.25, 0.3) is 31.7 Å². The molecule has 552 valence electrons. The molecule has 6 fully saturated rings. The molecule has 24 heteroatoms. The second kappa shape index (κ2) is 32.3. The van der Waals surface area contributed by atoms with E-state index in [2.05, 4.69) is 82.3 Å². The van der Waals surface area contributed by atoms with E-state index in [9.17, 15) is 45.0 Å². The quantitative estimate of drug-likeness (QED) is 0.0271. The minimum atomic E-state index is -1.05. The number of anilines is 6. The average molecular weight is 1480 g/mol. The highest BCUT2D eigenvalue weighted by Crippen LogP contribution is 2.50. The van der Waals surface area contributed by atoms with Crippen molar-refractivity contribution in [2.24, 2.45) is 35.5 Å². The van der Waals surface area contributed by atoms with Crippen molar-refractivity contribution in [3.8, 4) is 31.7 Å². The Labute approximate surface area is 625 Å². The molecule has 9 heterocycles. The lowest BCUT2D eigenvalue weighted by Gasteiger charge is -2.37. The number of carbonyl (C=O) groups is 3. The topological polar surface area (TPSA) is 325 Å². The summed E-state index contributed by atoms with van der Waals surface area (Å²) in [5.74, 6) is 3.46. The third-order valence-corrected chi connectivity index (χ3v) is 26.0. The fourth-order valence-electron chi connectivity index (χ4n) is 15.6. The molecule has 1 unspecified atom stereocenters. The molecule has 0 aromatic carbocycles. The first-order valence-corrected chi connectivity index (χ1v) is 39.9. The predicted molar refractivity (Wildman–Crippen MR) is 411 cm³/mol. The van der Waals surface area contributed by atoms with Crippen molar-refractivity contribution in [2.45, 2.75) is 211 Å². The Morgan fingerprint density at radius 3 is 0.857 bits per heavy atom. The van der Waals surface area contributed by atoms with Crippen LogP contribution < -0.4 is 16.0 Å². The van der Waals surface area contributed by atoms with E-state index in [0.29, 0.717) is 129 Å². The highest BCUT2D eigenvalue weighted by Gasteiger charge is 2.46. The van der Waals surface area contributed by atoms with Gasteiger partial charge in [0.1, 0.15) is 66.7 Å². The number of carboxylic acids is 3. The van der Waals surface area contributed by atoms with E-state index in [0.717, 1.165) is 83.3 Å². The maximum absolute atomic E-state index is 11.6. The summed E-state index contributed by atoms with van der Waals surface area (Å²) in [7, 11) is 0. The van der Waals surface area contributed by atoms with Crippen LogP contribution in [0.3, 0.4) is 0 Å². The second-order valence-electron chi connectivity index (χ2n) is 29.9. The van der Waals surface area contributed by atoms with E-state index in [4.69, 9.17) is 15.0 Å². The minimum absolute atomic E-state index is 0.00890.